The summed E-state index contributed by atoms with van der Waals surface area (Å²) in [6.45, 7) is 5.70. The van der Waals surface area contributed by atoms with Gasteiger partial charge in [0.1, 0.15) is 29.9 Å². The van der Waals surface area contributed by atoms with Crippen molar-refractivity contribution < 1.29 is 13.9 Å². The molecule has 172 valence electrons. The van der Waals surface area contributed by atoms with E-state index in [-0.39, 0.29) is 17.4 Å². The van der Waals surface area contributed by atoms with Gasteiger partial charge in [0.15, 0.2) is 0 Å². The molecule has 0 spiro atoms. The molecule has 0 aliphatic carbocycles. The number of thioether (sulfide) groups is 1. The van der Waals surface area contributed by atoms with Crippen molar-refractivity contribution in [1.82, 2.24) is 19.7 Å². The summed E-state index contributed by atoms with van der Waals surface area (Å²) in [5.74, 6) is -0.516. The van der Waals surface area contributed by atoms with E-state index < -0.39 is 17.2 Å². The van der Waals surface area contributed by atoms with Gasteiger partial charge in [0.05, 0.1) is 6.54 Å². The van der Waals surface area contributed by atoms with E-state index in [9.17, 15) is 13.9 Å². The fraction of sp³-hybridized carbons (Fsp3) is 0.652. The summed E-state index contributed by atoms with van der Waals surface area (Å²) in [6.07, 6.45) is 11.5. The number of likely N-dealkylation sites (tertiary alicyclic amines) is 1. The first-order valence-corrected chi connectivity index (χ1v) is 12.4. The first kappa shape index (κ1) is 24.1. The molecule has 3 rings (SSSR count). The molecule has 0 bridgehead atoms. The third kappa shape index (κ3) is 6.99. The van der Waals surface area contributed by atoms with E-state index >= 15 is 0 Å². The van der Waals surface area contributed by atoms with Crippen molar-refractivity contribution in [2.24, 2.45) is 0 Å². The van der Waals surface area contributed by atoms with Gasteiger partial charge in [-0.15, -0.1) is 0 Å². The van der Waals surface area contributed by atoms with Crippen LogP contribution in [0.3, 0.4) is 0 Å². The Hall–Kier alpha value is -1.51. The number of nitrogens with zero attached hydrogens (tertiary/aromatic N) is 4. The van der Waals surface area contributed by atoms with Crippen LogP contribution in [0.2, 0.25) is 0 Å². The lowest BCUT2D eigenvalue weighted by Gasteiger charge is -2.34. The molecule has 0 amide bonds. The molecule has 2 heterocycles. The van der Waals surface area contributed by atoms with Gasteiger partial charge in [0.25, 0.3) is 0 Å². The molecule has 31 heavy (non-hydrogen) atoms. The van der Waals surface area contributed by atoms with Crippen molar-refractivity contribution in [2.75, 3.05) is 25.4 Å². The molecular weight excluding hydrogens is 418 g/mol. The Morgan fingerprint density at radius 2 is 1.87 bits per heavy atom. The third-order valence-electron chi connectivity index (χ3n) is 6.12. The van der Waals surface area contributed by atoms with Crippen LogP contribution in [0, 0.1) is 11.6 Å². The second kappa shape index (κ2) is 11.9. The van der Waals surface area contributed by atoms with Crippen LogP contribution >= 0.6 is 11.8 Å². The van der Waals surface area contributed by atoms with E-state index in [0.717, 1.165) is 24.7 Å². The van der Waals surface area contributed by atoms with Crippen LogP contribution in [0.25, 0.3) is 0 Å². The van der Waals surface area contributed by atoms with E-state index in [0.29, 0.717) is 0 Å². The number of unbranched alkanes of at least 4 members (excludes halogenated alkanes) is 4. The van der Waals surface area contributed by atoms with Crippen LogP contribution in [0.1, 0.15) is 57.4 Å². The van der Waals surface area contributed by atoms with Gasteiger partial charge in [-0.3, -0.25) is 0 Å². The molecule has 1 aromatic heterocycles. The summed E-state index contributed by atoms with van der Waals surface area (Å²) >= 11 is 1.62. The smallest absolute Gasteiger partial charge is 0.137 e. The first-order chi connectivity index (χ1) is 15.0. The molecule has 0 radical (unpaired) electrons. The molecule has 1 saturated heterocycles. The van der Waals surface area contributed by atoms with Crippen LogP contribution in [0.15, 0.2) is 30.9 Å². The highest BCUT2D eigenvalue weighted by Crippen LogP contribution is 2.36. The average molecular weight is 453 g/mol. The molecule has 0 saturated carbocycles. The molecule has 1 aromatic carbocycles. The Kier molecular flexibility index (Phi) is 9.29. The van der Waals surface area contributed by atoms with E-state index in [2.05, 4.69) is 15.0 Å². The van der Waals surface area contributed by atoms with Gasteiger partial charge in [-0.1, -0.05) is 32.3 Å². The van der Waals surface area contributed by atoms with E-state index in [1.165, 1.54) is 81.2 Å². The van der Waals surface area contributed by atoms with Gasteiger partial charge in [-0.05, 0) is 57.1 Å². The predicted octanol–water partition coefficient (Wildman–Crippen LogP) is 4.61. The minimum Gasteiger partial charge on any atom is -0.382 e. The normalized spacial score (nSPS) is 17.7. The highest BCUT2D eigenvalue weighted by molar-refractivity contribution is 7.99. The maximum absolute atomic E-state index is 14.6. The van der Waals surface area contributed by atoms with E-state index in [4.69, 9.17) is 0 Å². The van der Waals surface area contributed by atoms with Crippen LogP contribution in [-0.4, -0.2) is 55.4 Å². The fourth-order valence-electron chi connectivity index (χ4n) is 4.21. The van der Waals surface area contributed by atoms with E-state index in [1.54, 1.807) is 11.8 Å². The topological polar surface area (TPSA) is 54.2 Å². The van der Waals surface area contributed by atoms with Crippen molar-refractivity contribution >= 4 is 11.8 Å². The lowest BCUT2D eigenvalue weighted by atomic mass is 9.90. The quantitative estimate of drug-likeness (QED) is 0.450. The third-order valence-corrected chi connectivity index (χ3v) is 7.54. The number of aliphatic hydroxyl groups is 1. The fourth-order valence-corrected chi connectivity index (χ4v) is 5.41. The summed E-state index contributed by atoms with van der Waals surface area (Å²) in [4.78, 5) is 6.47. The van der Waals surface area contributed by atoms with Gasteiger partial charge < -0.3 is 10.0 Å². The number of hydrogen-bond acceptors (Lipinski definition) is 5. The Bertz CT molecular complexity index is 786. The largest absolute Gasteiger partial charge is 0.382 e. The van der Waals surface area contributed by atoms with Crippen molar-refractivity contribution in [3.05, 3.63) is 48.1 Å². The van der Waals surface area contributed by atoms with Gasteiger partial charge in [-0.2, -0.15) is 16.9 Å². The summed E-state index contributed by atoms with van der Waals surface area (Å²) in [5, 5.41) is 15.3. The molecular formula is C23H34F2N4OS. The van der Waals surface area contributed by atoms with Crippen molar-refractivity contribution in [1.29, 1.82) is 0 Å². The maximum atomic E-state index is 14.6. The number of hydrogen-bond donors (Lipinski definition) is 1. The molecule has 1 fully saturated rings. The second-order valence-corrected chi connectivity index (χ2v) is 9.92. The summed E-state index contributed by atoms with van der Waals surface area (Å²) in [5.41, 5.74) is -1.43. The zero-order valence-electron chi connectivity index (χ0n) is 18.3. The number of rotatable bonds is 13. The summed E-state index contributed by atoms with van der Waals surface area (Å²) < 4.78 is 29.5. The lowest BCUT2D eigenvalue weighted by Crippen LogP contribution is -2.41. The zero-order valence-corrected chi connectivity index (χ0v) is 19.2. The Morgan fingerprint density at radius 1 is 1.13 bits per heavy atom. The van der Waals surface area contributed by atoms with Crippen LogP contribution < -0.4 is 0 Å². The van der Waals surface area contributed by atoms with E-state index in [1.807, 2.05) is 6.92 Å². The van der Waals surface area contributed by atoms with Gasteiger partial charge in [0, 0.05) is 16.9 Å². The lowest BCUT2D eigenvalue weighted by molar-refractivity contribution is 0.0133. The minimum absolute atomic E-state index is 0.0558. The van der Waals surface area contributed by atoms with Crippen molar-refractivity contribution in [3.8, 4) is 0 Å². The molecule has 0 unspecified atom stereocenters. The van der Waals surface area contributed by atoms with Crippen molar-refractivity contribution in [2.45, 2.75) is 69.3 Å². The summed E-state index contributed by atoms with van der Waals surface area (Å²) in [7, 11) is 0. The minimum atomic E-state index is -1.52. The Balaban J connectivity index is 1.47. The van der Waals surface area contributed by atoms with Crippen molar-refractivity contribution in [3.63, 3.8) is 0 Å². The SMILES string of the molecule is C[C@@H](SCCCCCCCN1CCCC1)[C@](O)(Cn1cncn1)c1ccc(F)cc1F. The molecule has 1 aliphatic rings. The maximum Gasteiger partial charge on any atom is 0.137 e. The predicted molar refractivity (Wildman–Crippen MR) is 121 cm³/mol. The van der Waals surface area contributed by atoms with Gasteiger partial charge in [-0.25, -0.2) is 18.4 Å². The van der Waals surface area contributed by atoms with Gasteiger partial charge >= 0.3 is 0 Å². The Labute approximate surface area is 188 Å². The molecule has 1 N–H and O–H groups in total. The highest BCUT2D eigenvalue weighted by atomic mass is 32.2. The number of benzene rings is 1. The molecule has 2 aromatic rings. The molecule has 2 atom stereocenters. The molecule has 1 aliphatic heterocycles. The highest BCUT2D eigenvalue weighted by Gasteiger charge is 2.39. The number of aromatic nitrogens is 3. The van der Waals surface area contributed by atoms with Crippen LogP contribution in [0.5, 0.6) is 0 Å². The summed E-state index contributed by atoms with van der Waals surface area (Å²) in [6, 6.07) is 3.34. The van der Waals surface area contributed by atoms with Gasteiger partial charge in [0.2, 0.25) is 0 Å². The standard InChI is InChI=1S/C23H34F2N4OS/c1-19(31-14-8-4-2-3-5-11-28-12-6-7-13-28)23(30,16-29-18-26-17-27-29)21-10-9-20(24)15-22(21)25/h9-10,15,17-19,30H,2-8,11-14,16H2,1H3/t19-,23-/m1/s1. The number of halogens is 2. The Morgan fingerprint density at radius 3 is 2.58 bits per heavy atom. The second-order valence-electron chi connectivity index (χ2n) is 8.47. The first-order valence-electron chi connectivity index (χ1n) is 11.3. The zero-order chi connectivity index (χ0) is 22.1. The monoisotopic (exact) mass is 452 g/mol. The molecule has 8 heteroatoms. The average Bonchev–Trinajstić information content (AvgIpc) is 3.43. The molecule has 5 nitrogen and oxygen atoms in total. The van der Waals surface area contributed by atoms with Crippen LogP contribution in [-0.2, 0) is 12.1 Å². The van der Waals surface area contributed by atoms with Crippen LogP contribution in [0.4, 0.5) is 8.78 Å².